The highest BCUT2D eigenvalue weighted by molar-refractivity contribution is 7.25. The van der Waals surface area contributed by atoms with Gasteiger partial charge in [-0.2, -0.15) is 0 Å². The quantitative estimate of drug-likeness (QED) is 0.156. The number of ether oxygens (including phenoxy) is 1. The largest absolute Gasteiger partial charge is 0.457 e. The number of rotatable bonds is 6. The van der Waals surface area contributed by atoms with E-state index in [1.807, 2.05) is 11.3 Å². The maximum atomic E-state index is 6.97. The van der Waals surface area contributed by atoms with Crippen LogP contribution in [-0.4, -0.2) is 0 Å². The van der Waals surface area contributed by atoms with Gasteiger partial charge in [0.2, 0.25) is 0 Å². The summed E-state index contributed by atoms with van der Waals surface area (Å²) in [6, 6.07) is 79.7. The van der Waals surface area contributed by atoms with E-state index < -0.39 is 5.41 Å². The molecule has 0 radical (unpaired) electrons. The van der Waals surface area contributed by atoms with E-state index in [2.05, 4.69) is 223 Å². The highest BCUT2D eigenvalue weighted by Gasteiger charge is 2.51. The summed E-state index contributed by atoms with van der Waals surface area (Å²) in [5.74, 6) is 1.85. The molecule has 2 nitrogen and oxygen atoms in total. The van der Waals surface area contributed by atoms with Gasteiger partial charge in [0.15, 0.2) is 0 Å². The van der Waals surface area contributed by atoms with Crippen LogP contribution in [0.2, 0.25) is 0 Å². The van der Waals surface area contributed by atoms with Gasteiger partial charge >= 0.3 is 0 Å². The number of hydrogen-bond donors (Lipinski definition) is 0. The Bertz CT molecular complexity index is 3120. The van der Waals surface area contributed by atoms with Gasteiger partial charge in [0.05, 0.1) is 5.41 Å². The summed E-state index contributed by atoms with van der Waals surface area (Å²) in [6.45, 7) is 0. The first-order valence-electron chi connectivity index (χ1n) is 20.3. The first kappa shape index (κ1) is 33.9. The number of thiophene rings is 1. The van der Waals surface area contributed by atoms with Gasteiger partial charge in [0, 0.05) is 60.3 Å². The molecule has 0 saturated carbocycles. The molecule has 12 rings (SSSR count). The molecule has 1 spiro atoms. The van der Waals surface area contributed by atoms with Crippen LogP contribution in [0.1, 0.15) is 44.9 Å². The van der Waals surface area contributed by atoms with E-state index in [4.69, 9.17) is 4.74 Å². The van der Waals surface area contributed by atoms with Crippen LogP contribution in [0.15, 0.2) is 218 Å². The second kappa shape index (κ2) is 13.4. The minimum Gasteiger partial charge on any atom is -0.457 e. The highest BCUT2D eigenvalue weighted by atomic mass is 32.1. The van der Waals surface area contributed by atoms with Gasteiger partial charge in [-0.05, 0) is 87.5 Å². The third-order valence-corrected chi connectivity index (χ3v) is 13.6. The molecule has 9 aromatic carbocycles. The zero-order valence-corrected chi connectivity index (χ0v) is 32.9. The fourth-order valence-electron chi connectivity index (χ4n) is 10.1. The third-order valence-electron chi connectivity index (χ3n) is 12.5. The number of fused-ring (bicyclic) bond motifs is 12. The number of benzene rings is 9. The molecule has 1 aliphatic carbocycles. The highest BCUT2D eigenvalue weighted by Crippen LogP contribution is 2.62. The Morgan fingerprint density at radius 1 is 0.407 bits per heavy atom. The Labute approximate surface area is 347 Å². The van der Waals surface area contributed by atoms with Gasteiger partial charge < -0.3 is 9.64 Å². The number of para-hydroxylation sites is 2. The van der Waals surface area contributed by atoms with Crippen LogP contribution >= 0.6 is 11.3 Å². The number of nitrogens with zero attached hydrogens (tertiary/aromatic N) is 1. The van der Waals surface area contributed by atoms with Crippen molar-refractivity contribution < 1.29 is 4.74 Å². The maximum absolute atomic E-state index is 6.97. The lowest BCUT2D eigenvalue weighted by Crippen LogP contribution is -2.32. The van der Waals surface area contributed by atoms with Crippen molar-refractivity contribution in [2.75, 3.05) is 4.90 Å². The van der Waals surface area contributed by atoms with Crippen LogP contribution in [0.3, 0.4) is 0 Å². The van der Waals surface area contributed by atoms with Crippen LogP contribution in [0.25, 0.3) is 31.3 Å². The van der Waals surface area contributed by atoms with Gasteiger partial charge in [-0.1, -0.05) is 164 Å². The van der Waals surface area contributed by atoms with Gasteiger partial charge in [-0.15, -0.1) is 11.3 Å². The summed E-state index contributed by atoms with van der Waals surface area (Å²) in [5, 5.41) is 2.57. The Hall–Kier alpha value is -7.20. The Morgan fingerprint density at radius 3 is 1.66 bits per heavy atom. The SMILES string of the molecule is c1ccc(C(c2ccccc2)c2cccc3sc4ccc(N(c5ccccc5)c5ccc6c(c5)Oc5ccccc5C65c6ccccc6-c6ccccc65)cc4c23)cc1. The zero-order chi connectivity index (χ0) is 38.9. The van der Waals surface area contributed by atoms with Crippen molar-refractivity contribution in [1.29, 1.82) is 0 Å². The van der Waals surface area contributed by atoms with Crippen LogP contribution < -0.4 is 9.64 Å². The van der Waals surface area contributed by atoms with E-state index >= 15 is 0 Å². The van der Waals surface area contributed by atoms with E-state index in [1.165, 1.54) is 64.7 Å². The molecule has 2 heterocycles. The topological polar surface area (TPSA) is 12.5 Å². The second-order valence-corrected chi connectivity index (χ2v) is 16.6. The van der Waals surface area contributed by atoms with Crippen LogP contribution in [0.4, 0.5) is 17.1 Å². The average molecular weight is 772 g/mol. The second-order valence-electron chi connectivity index (χ2n) is 15.5. The van der Waals surface area contributed by atoms with Crippen LogP contribution in [0, 0.1) is 0 Å². The lowest BCUT2D eigenvalue weighted by Gasteiger charge is -2.40. The fraction of sp³-hybridized carbons (Fsp3) is 0.0357. The third kappa shape index (κ3) is 5.11. The van der Waals surface area contributed by atoms with Crippen molar-refractivity contribution in [2.24, 2.45) is 0 Å². The predicted molar refractivity (Wildman–Crippen MR) is 245 cm³/mol. The average Bonchev–Trinajstić information content (AvgIpc) is 3.82. The normalized spacial score (nSPS) is 13.2. The predicted octanol–water partition coefficient (Wildman–Crippen LogP) is 15.2. The molecule has 1 aliphatic heterocycles. The molecule has 10 aromatic rings. The molecule has 59 heavy (non-hydrogen) atoms. The molecule has 2 aliphatic rings. The molecule has 3 heteroatoms. The molecule has 0 unspecified atom stereocenters. The standard InChI is InChI=1S/C56H37NOS/c1-4-17-37(18-5-1)54(38-19-6-2-7-20-38)44-25-16-30-53-55(44)45-35-40(32-34-52(45)59-53)57(39-21-8-3-9-22-39)41-31-33-49-51(36-41)58-50-29-15-14-28-48(50)56(49)46-26-12-10-23-42(46)43-24-11-13-27-47(43)56/h1-36,54H. The van der Waals surface area contributed by atoms with Gasteiger partial charge in [-0.3, -0.25) is 0 Å². The van der Waals surface area contributed by atoms with Crippen molar-refractivity contribution in [3.63, 3.8) is 0 Å². The van der Waals surface area contributed by atoms with Crippen molar-refractivity contribution in [2.45, 2.75) is 11.3 Å². The molecule has 278 valence electrons. The molecular weight excluding hydrogens is 735 g/mol. The minimum atomic E-state index is -0.508. The van der Waals surface area contributed by atoms with Crippen molar-refractivity contribution in [1.82, 2.24) is 0 Å². The zero-order valence-electron chi connectivity index (χ0n) is 32.1. The first-order chi connectivity index (χ1) is 29.3. The van der Waals surface area contributed by atoms with Crippen molar-refractivity contribution in [3.05, 3.63) is 257 Å². The molecule has 0 saturated heterocycles. The lowest BCUT2D eigenvalue weighted by atomic mass is 9.66. The summed E-state index contributed by atoms with van der Waals surface area (Å²) in [4.78, 5) is 2.38. The molecule has 0 atom stereocenters. The number of anilines is 3. The Kier molecular flexibility index (Phi) is 7.72. The van der Waals surface area contributed by atoms with E-state index in [0.717, 1.165) is 34.1 Å². The fourth-order valence-corrected chi connectivity index (χ4v) is 11.2. The van der Waals surface area contributed by atoms with Crippen molar-refractivity contribution >= 4 is 48.6 Å². The number of hydrogen-bond acceptors (Lipinski definition) is 3. The van der Waals surface area contributed by atoms with Gasteiger partial charge in [0.25, 0.3) is 0 Å². The van der Waals surface area contributed by atoms with Crippen LogP contribution in [0.5, 0.6) is 11.5 Å². The Balaban J connectivity index is 1.07. The monoisotopic (exact) mass is 771 g/mol. The van der Waals surface area contributed by atoms with Gasteiger partial charge in [0.1, 0.15) is 11.5 Å². The van der Waals surface area contributed by atoms with E-state index in [9.17, 15) is 0 Å². The van der Waals surface area contributed by atoms with Crippen molar-refractivity contribution in [3.8, 4) is 22.6 Å². The van der Waals surface area contributed by atoms with E-state index in [0.29, 0.717) is 0 Å². The molecule has 0 bridgehead atoms. The van der Waals surface area contributed by atoms with E-state index in [1.54, 1.807) is 0 Å². The molecule has 0 N–H and O–H groups in total. The summed E-state index contributed by atoms with van der Waals surface area (Å²) in [5.41, 5.74) is 14.1. The summed E-state index contributed by atoms with van der Waals surface area (Å²) < 4.78 is 9.54. The molecule has 0 fully saturated rings. The Morgan fingerprint density at radius 2 is 0.966 bits per heavy atom. The molecule has 0 amide bonds. The van der Waals surface area contributed by atoms with E-state index in [-0.39, 0.29) is 5.92 Å². The summed E-state index contributed by atoms with van der Waals surface area (Å²) >= 11 is 1.87. The summed E-state index contributed by atoms with van der Waals surface area (Å²) in [7, 11) is 0. The smallest absolute Gasteiger partial charge is 0.134 e. The summed E-state index contributed by atoms with van der Waals surface area (Å²) in [6.07, 6.45) is 0. The van der Waals surface area contributed by atoms with Crippen LogP contribution in [-0.2, 0) is 5.41 Å². The first-order valence-corrected chi connectivity index (χ1v) is 21.1. The molecule has 1 aromatic heterocycles. The minimum absolute atomic E-state index is 0.0895. The maximum Gasteiger partial charge on any atom is 0.134 e. The molecular formula is C56H37NOS. The lowest BCUT2D eigenvalue weighted by molar-refractivity contribution is 0.436. The van der Waals surface area contributed by atoms with Gasteiger partial charge in [-0.25, -0.2) is 0 Å².